The van der Waals surface area contributed by atoms with Crippen LogP contribution in [0.2, 0.25) is 0 Å². The molecule has 1 heterocycles. The molecule has 0 unspecified atom stereocenters. The summed E-state index contributed by atoms with van der Waals surface area (Å²) in [6.07, 6.45) is 1.20. The molecule has 0 atom stereocenters. The van der Waals surface area contributed by atoms with Crippen LogP contribution in [0.25, 0.3) is 0 Å². The first-order valence-electron chi connectivity index (χ1n) is 6.24. The Kier molecular flexibility index (Phi) is 6.19. The van der Waals surface area contributed by atoms with E-state index in [1.54, 1.807) is 0 Å². The van der Waals surface area contributed by atoms with Crippen LogP contribution in [0.4, 0.5) is 0 Å². The quantitative estimate of drug-likeness (QED) is 0.687. The van der Waals surface area contributed by atoms with E-state index in [0.29, 0.717) is 0 Å². The second kappa shape index (κ2) is 7.47. The fraction of sp³-hybridized carbons (Fsp3) is 0.692. The van der Waals surface area contributed by atoms with Gasteiger partial charge >= 0.3 is 0 Å². The van der Waals surface area contributed by atoms with Gasteiger partial charge in [0.15, 0.2) is 0 Å². The van der Waals surface area contributed by atoms with Gasteiger partial charge in [-0.3, -0.25) is 0 Å². The molecule has 0 aliphatic heterocycles. The topological polar surface area (TPSA) is 28.4 Å². The minimum atomic E-state index is 0.839. The number of hydrogen-bond donors (Lipinski definition) is 1. The van der Waals surface area contributed by atoms with Crippen LogP contribution in [0, 0.1) is 6.92 Å². The van der Waals surface area contributed by atoms with Gasteiger partial charge in [-0.2, -0.15) is 0 Å². The molecule has 1 aromatic rings. The van der Waals surface area contributed by atoms with Crippen molar-refractivity contribution in [3.63, 3.8) is 0 Å². The van der Waals surface area contributed by atoms with Crippen molar-refractivity contribution in [1.29, 1.82) is 0 Å². The summed E-state index contributed by atoms with van der Waals surface area (Å²) in [5, 5.41) is 3.40. The number of nitrogens with zero attached hydrogens (tertiary/aromatic N) is 1. The molecule has 0 saturated heterocycles. The lowest BCUT2D eigenvalue weighted by Gasteiger charge is -2.17. The molecule has 0 radical (unpaired) electrons. The highest BCUT2D eigenvalue weighted by atomic mass is 16.3. The molecule has 0 amide bonds. The Morgan fingerprint density at radius 1 is 1.25 bits per heavy atom. The third-order valence-electron chi connectivity index (χ3n) is 2.82. The Hall–Kier alpha value is -0.800. The molecule has 0 aromatic carbocycles. The molecule has 0 aliphatic carbocycles. The molecule has 0 aliphatic rings. The predicted octanol–water partition coefficient (Wildman–Crippen LogP) is 2.41. The largest absolute Gasteiger partial charge is 0.465 e. The first kappa shape index (κ1) is 13.3. The zero-order valence-electron chi connectivity index (χ0n) is 10.8. The summed E-state index contributed by atoms with van der Waals surface area (Å²) in [6.45, 7) is 11.8. The smallest absolute Gasteiger partial charge is 0.117 e. The number of aryl methyl sites for hydroxylation is 1. The third-order valence-corrected chi connectivity index (χ3v) is 2.82. The highest BCUT2D eigenvalue weighted by Crippen LogP contribution is 2.05. The van der Waals surface area contributed by atoms with E-state index in [4.69, 9.17) is 4.42 Å². The molecular weight excluding hydrogens is 200 g/mol. The van der Waals surface area contributed by atoms with E-state index in [1.165, 1.54) is 13.0 Å². The van der Waals surface area contributed by atoms with Crippen LogP contribution in [0.5, 0.6) is 0 Å². The van der Waals surface area contributed by atoms with Crippen molar-refractivity contribution in [2.75, 3.05) is 26.2 Å². The van der Waals surface area contributed by atoms with Gasteiger partial charge < -0.3 is 14.6 Å². The first-order chi connectivity index (χ1) is 7.76. The molecule has 0 bridgehead atoms. The van der Waals surface area contributed by atoms with E-state index >= 15 is 0 Å². The Balaban J connectivity index is 2.04. The summed E-state index contributed by atoms with van der Waals surface area (Å²) in [7, 11) is 0. The lowest BCUT2D eigenvalue weighted by Crippen LogP contribution is -2.27. The van der Waals surface area contributed by atoms with Crippen molar-refractivity contribution in [1.82, 2.24) is 10.2 Å². The van der Waals surface area contributed by atoms with Gasteiger partial charge in [-0.15, -0.1) is 0 Å². The van der Waals surface area contributed by atoms with Crippen molar-refractivity contribution in [2.45, 2.75) is 33.7 Å². The molecular formula is C13H24N2O. The number of hydrogen-bond acceptors (Lipinski definition) is 3. The summed E-state index contributed by atoms with van der Waals surface area (Å²) < 4.78 is 5.48. The summed E-state index contributed by atoms with van der Waals surface area (Å²) in [6, 6.07) is 4.04. The zero-order valence-corrected chi connectivity index (χ0v) is 10.8. The highest BCUT2D eigenvalue weighted by molar-refractivity contribution is 5.04. The molecule has 92 valence electrons. The highest BCUT2D eigenvalue weighted by Gasteiger charge is 1.99. The average molecular weight is 224 g/mol. The summed E-state index contributed by atoms with van der Waals surface area (Å²) in [5.74, 6) is 2.01. The normalized spacial score (nSPS) is 11.2. The van der Waals surface area contributed by atoms with Crippen molar-refractivity contribution in [3.05, 3.63) is 23.7 Å². The Bertz CT molecular complexity index is 279. The Labute approximate surface area is 98.8 Å². The molecule has 1 N–H and O–H groups in total. The van der Waals surface area contributed by atoms with Crippen molar-refractivity contribution in [3.8, 4) is 0 Å². The Morgan fingerprint density at radius 3 is 2.56 bits per heavy atom. The van der Waals surface area contributed by atoms with Gasteiger partial charge in [0.05, 0.1) is 6.54 Å². The van der Waals surface area contributed by atoms with E-state index in [-0.39, 0.29) is 0 Å². The maximum Gasteiger partial charge on any atom is 0.117 e. The predicted molar refractivity (Wildman–Crippen MR) is 67.6 cm³/mol. The molecule has 0 fully saturated rings. The van der Waals surface area contributed by atoms with Crippen LogP contribution in [-0.2, 0) is 6.54 Å². The minimum absolute atomic E-state index is 0.839. The fourth-order valence-electron chi connectivity index (χ4n) is 1.76. The zero-order chi connectivity index (χ0) is 11.8. The van der Waals surface area contributed by atoms with Crippen LogP contribution in [-0.4, -0.2) is 31.1 Å². The average Bonchev–Trinajstić information content (AvgIpc) is 2.70. The molecule has 0 saturated carbocycles. The lowest BCUT2D eigenvalue weighted by atomic mass is 10.3. The minimum Gasteiger partial charge on any atom is -0.465 e. The van der Waals surface area contributed by atoms with Crippen LogP contribution >= 0.6 is 0 Å². The van der Waals surface area contributed by atoms with Gasteiger partial charge in [0, 0.05) is 0 Å². The SMILES string of the molecule is CCN(CC)CCCNCc1ccc(C)o1. The van der Waals surface area contributed by atoms with E-state index in [9.17, 15) is 0 Å². The van der Waals surface area contributed by atoms with Gasteiger partial charge in [0.2, 0.25) is 0 Å². The lowest BCUT2D eigenvalue weighted by molar-refractivity contribution is 0.297. The number of rotatable bonds is 8. The summed E-state index contributed by atoms with van der Waals surface area (Å²) in [5.41, 5.74) is 0. The summed E-state index contributed by atoms with van der Waals surface area (Å²) >= 11 is 0. The molecule has 3 nitrogen and oxygen atoms in total. The molecule has 1 aromatic heterocycles. The molecule has 16 heavy (non-hydrogen) atoms. The third kappa shape index (κ3) is 4.81. The molecule has 0 spiro atoms. The van der Waals surface area contributed by atoms with Crippen LogP contribution in [0.15, 0.2) is 16.5 Å². The van der Waals surface area contributed by atoms with E-state index in [2.05, 4.69) is 24.1 Å². The van der Waals surface area contributed by atoms with Crippen molar-refractivity contribution < 1.29 is 4.42 Å². The van der Waals surface area contributed by atoms with E-state index < -0.39 is 0 Å². The van der Waals surface area contributed by atoms with Crippen molar-refractivity contribution in [2.24, 2.45) is 0 Å². The van der Waals surface area contributed by atoms with Gasteiger partial charge in [-0.05, 0) is 51.7 Å². The van der Waals surface area contributed by atoms with Gasteiger partial charge in [0.25, 0.3) is 0 Å². The monoisotopic (exact) mass is 224 g/mol. The number of nitrogens with one attached hydrogen (secondary N) is 1. The second-order valence-corrected chi connectivity index (χ2v) is 4.07. The van der Waals surface area contributed by atoms with Gasteiger partial charge in [0.1, 0.15) is 11.5 Å². The molecule has 1 rings (SSSR count). The maximum absolute atomic E-state index is 5.48. The van der Waals surface area contributed by atoms with Gasteiger partial charge in [-0.1, -0.05) is 13.8 Å². The second-order valence-electron chi connectivity index (χ2n) is 4.07. The maximum atomic E-state index is 5.48. The standard InChI is InChI=1S/C13H24N2O/c1-4-15(5-2)10-6-9-14-11-13-8-7-12(3)16-13/h7-8,14H,4-6,9-11H2,1-3H3. The first-order valence-corrected chi connectivity index (χ1v) is 6.24. The Morgan fingerprint density at radius 2 is 2.00 bits per heavy atom. The van der Waals surface area contributed by atoms with Gasteiger partial charge in [-0.25, -0.2) is 0 Å². The van der Waals surface area contributed by atoms with Crippen molar-refractivity contribution >= 4 is 0 Å². The fourth-order valence-corrected chi connectivity index (χ4v) is 1.76. The number of furan rings is 1. The van der Waals surface area contributed by atoms with Crippen LogP contribution < -0.4 is 5.32 Å². The molecule has 3 heteroatoms. The van der Waals surface area contributed by atoms with Crippen LogP contribution in [0.1, 0.15) is 31.8 Å². The summed E-state index contributed by atoms with van der Waals surface area (Å²) in [4.78, 5) is 2.44. The van der Waals surface area contributed by atoms with E-state index in [1.807, 2.05) is 19.1 Å². The van der Waals surface area contributed by atoms with E-state index in [0.717, 1.165) is 37.7 Å². The van der Waals surface area contributed by atoms with Crippen LogP contribution in [0.3, 0.4) is 0 Å².